The number of halogens is 3. The molecule has 3 aromatic rings. The molecule has 0 saturated heterocycles. The predicted octanol–water partition coefficient (Wildman–Crippen LogP) is 6.94. The summed E-state index contributed by atoms with van der Waals surface area (Å²) in [6.45, 7) is 6.61. The normalized spacial score (nSPS) is 21.8. The average Bonchev–Trinajstić information content (AvgIpc) is 3.54. The number of anilines is 2. The quantitative estimate of drug-likeness (QED) is 0.382. The third kappa shape index (κ3) is 4.52. The molecule has 1 aliphatic carbocycles. The lowest BCUT2D eigenvalue weighted by Crippen LogP contribution is -2.35. The molecule has 0 bridgehead atoms. The molecule has 0 unspecified atom stereocenters. The van der Waals surface area contributed by atoms with Gasteiger partial charge in [-0.2, -0.15) is 23.5 Å². The van der Waals surface area contributed by atoms with E-state index in [1.54, 1.807) is 12.1 Å². The van der Waals surface area contributed by atoms with Gasteiger partial charge in [0, 0.05) is 22.2 Å². The Labute approximate surface area is 215 Å². The average molecular weight is 534 g/mol. The van der Waals surface area contributed by atoms with Crippen LogP contribution >= 0.6 is 22.7 Å². The van der Waals surface area contributed by atoms with E-state index in [1.807, 2.05) is 5.38 Å². The van der Waals surface area contributed by atoms with Crippen LogP contribution in [0.3, 0.4) is 0 Å². The van der Waals surface area contributed by atoms with Gasteiger partial charge in [0.15, 0.2) is 11.7 Å². The number of nitrogens with one attached hydrogen (secondary N) is 2. The fraction of sp³-hybridized carbons (Fsp3) is 0.480. The molecule has 0 saturated carbocycles. The highest BCUT2D eigenvalue weighted by Crippen LogP contribution is 2.46. The molecule has 2 N–H and O–H groups in total. The van der Waals surface area contributed by atoms with Crippen LogP contribution in [-0.2, 0) is 12.8 Å². The minimum Gasteiger partial charge on any atom is -0.363 e. The van der Waals surface area contributed by atoms with Crippen LogP contribution in [0.2, 0.25) is 0 Å². The van der Waals surface area contributed by atoms with E-state index in [-0.39, 0.29) is 23.3 Å². The highest BCUT2D eigenvalue weighted by atomic mass is 32.1. The Balaban J connectivity index is 1.42. The number of fused-ring (bicyclic) bond motifs is 2. The first-order valence-electron chi connectivity index (χ1n) is 11.8. The predicted molar refractivity (Wildman–Crippen MR) is 135 cm³/mol. The van der Waals surface area contributed by atoms with Crippen LogP contribution in [0.25, 0.3) is 0 Å². The van der Waals surface area contributed by atoms with E-state index in [0.717, 1.165) is 39.3 Å². The third-order valence-electron chi connectivity index (χ3n) is 7.14. The van der Waals surface area contributed by atoms with Gasteiger partial charge in [-0.25, -0.2) is 4.68 Å². The Morgan fingerprint density at radius 1 is 1.33 bits per heavy atom. The van der Waals surface area contributed by atoms with Crippen molar-refractivity contribution in [2.75, 3.05) is 10.6 Å². The minimum absolute atomic E-state index is 0.124. The Bertz CT molecular complexity index is 1330. The Hall–Kier alpha value is -2.84. The van der Waals surface area contributed by atoms with Crippen LogP contribution in [0, 0.1) is 22.7 Å². The third-order valence-corrected chi connectivity index (χ3v) is 9.29. The second-order valence-electron chi connectivity index (χ2n) is 10.4. The highest BCUT2D eigenvalue weighted by molar-refractivity contribution is 7.16. The van der Waals surface area contributed by atoms with Crippen LogP contribution in [0.15, 0.2) is 23.6 Å². The molecule has 190 valence electrons. The number of alkyl halides is 3. The Kier molecular flexibility index (Phi) is 6.16. The summed E-state index contributed by atoms with van der Waals surface area (Å²) >= 11 is 2.77. The van der Waals surface area contributed by atoms with Crippen molar-refractivity contribution in [1.82, 2.24) is 9.78 Å². The van der Waals surface area contributed by atoms with Gasteiger partial charge in [0.2, 0.25) is 0 Å². The Morgan fingerprint density at radius 2 is 2.11 bits per heavy atom. The number of aromatic nitrogens is 2. The summed E-state index contributed by atoms with van der Waals surface area (Å²) < 4.78 is 42.6. The van der Waals surface area contributed by atoms with Crippen LogP contribution in [0.4, 0.5) is 24.0 Å². The number of carbonyl (C=O) groups excluding carboxylic acids is 1. The lowest BCUT2D eigenvalue weighted by molar-refractivity contribution is -0.173. The molecule has 3 aromatic heterocycles. The molecule has 0 spiro atoms. The fourth-order valence-corrected chi connectivity index (χ4v) is 7.12. The number of hydrogen-bond acceptors (Lipinski definition) is 6. The van der Waals surface area contributed by atoms with E-state index >= 15 is 0 Å². The molecule has 2 aliphatic rings. The summed E-state index contributed by atoms with van der Waals surface area (Å²) in [7, 11) is 0. The van der Waals surface area contributed by atoms with Gasteiger partial charge in [-0.3, -0.25) is 4.79 Å². The first-order valence-corrected chi connectivity index (χ1v) is 13.5. The first kappa shape index (κ1) is 24.8. The van der Waals surface area contributed by atoms with Crippen LogP contribution in [0.1, 0.15) is 77.1 Å². The lowest BCUT2D eigenvalue weighted by Gasteiger charge is -2.33. The molecule has 6 nitrogen and oxygen atoms in total. The van der Waals surface area contributed by atoms with Gasteiger partial charge in [-0.1, -0.05) is 26.8 Å². The summed E-state index contributed by atoms with van der Waals surface area (Å²) in [4.78, 5) is 15.0. The van der Waals surface area contributed by atoms with Crippen molar-refractivity contribution in [2.45, 2.75) is 64.7 Å². The van der Waals surface area contributed by atoms with Gasteiger partial charge in [0.1, 0.15) is 16.9 Å². The van der Waals surface area contributed by atoms with E-state index < -0.39 is 24.2 Å². The molecule has 36 heavy (non-hydrogen) atoms. The van der Waals surface area contributed by atoms with Gasteiger partial charge in [0.25, 0.3) is 5.91 Å². The fourth-order valence-electron chi connectivity index (χ4n) is 5.06. The molecule has 4 heterocycles. The lowest BCUT2D eigenvalue weighted by atomic mass is 9.72. The second-order valence-corrected chi connectivity index (χ2v) is 12.5. The van der Waals surface area contributed by atoms with Crippen LogP contribution < -0.4 is 10.6 Å². The van der Waals surface area contributed by atoms with Crippen molar-refractivity contribution < 1.29 is 18.0 Å². The monoisotopic (exact) mass is 533 g/mol. The van der Waals surface area contributed by atoms with E-state index in [0.29, 0.717) is 16.5 Å². The zero-order valence-electron chi connectivity index (χ0n) is 20.1. The summed E-state index contributed by atoms with van der Waals surface area (Å²) in [5.74, 6) is -0.0128. The van der Waals surface area contributed by atoms with Gasteiger partial charge < -0.3 is 10.6 Å². The molecule has 0 aromatic carbocycles. The van der Waals surface area contributed by atoms with Gasteiger partial charge in [-0.15, -0.1) is 22.7 Å². The molecule has 1 aliphatic heterocycles. The maximum absolute atomic E-state index is 13.9. The topological polar surface area (TPSA) is 82.7 Å². The van der Waals surface area contributed by atoms with E-state index in [1.165, 1.54) is 28.7 Å². The number of amides is 1. The van der Waals surface area contributed by atoms with E-state index in [4.69, 9.17) is 0 Å². The number of rotatable bonds is 3. The molecular formula is C25H26F3N5OS2. The maximum Gasteiger partial charge on any atom is 0.410 e. The molecule has 0 fully saturated rings. The molecule has 1 amide bonds. The summed E-state index contributed by atoms with van der Waals surface area (Å²) in [5.41, 5.74) is 1.43. The molecule has 11 heteroatoms. The van der Waals surface area contributed by atoms with Crippen molar-refractivity contribution in [3.05, 3.63) is 50.2 Å². The summed E-state index contributed by atoms with van der Waals surface area (Å²) in [6, 6.07) is 4.79. The molecule has 0 radical (unpaired) electrons. The molecule has 5 rings (SSSR count). The van der Waals surface area contributed by atoms with Crippen molar-refractivity contribution in [3.63, 3.8) is 0 Å². The SMILES string of the molecule is CC(C)(C)[C@H]1CCc2c(sc(NC(=O)c3cc4n(n3)[C@@H](C(F)(F)F)C[C@H](c3cccs3)N4)c2C#N)C1. The first-order chi connectivity index (χ1) is 17.0. The van der Waals surface area contributed by atoms with Gasteiger partial charge in [0.05, 0.1) is 11.6 Å². The standard InChI is InChI=1S/C25H26F3N5OS2/c1-24(2,3)13-6-7-14-15(12-29)23(36-19(14)9-13)31-22(34)17-11-21-30-16(18-5-4-8-35-18)10-20(25(26,27)28)33(21)32-17/h4-5,8,11,13,16,20,30H,6-7,9-10H2,1-3H3,(H,31,34)/t13-,16+,20+/m0/s1. The van der Waals surface area contributed by atoms with Crippen molar-refractivity contribution in [1.29, 1.82) is 5.26 Å². The summed E-state index contributed by atoms with van der Waals surface area (Å²) in [6.07, 6.45) is -2.15. The van der Waals surface area contributed by atoms with Crippen LogP contribution in [-0.4, -0.2) is 21.9 Å². The van der Waals surface area contributed by atoms with E-state index in [2.05, 4.69) is 42.6 Å². The van der Waals surface area contributed by atoms with Gasteiger partial charge >= 0.3 is 6.18 Å². The largest absolute Gasteiger partial charge is 0.410 e. The van der Waals surface area contributed by atoms with Crippen molar-refractivity contribution in [2.24, 2.45) is 11.3 Å². The number of hydrogen-bond donors (Lipinski definition) is 2. The molecular weight excluding hydrogens is 507 g/mol. The second kappa shape index (κ2) is 8.92. The van der Waals surface area contributed by atoms with Crippen molar-refractivity contribution >= 4 is 39.4 Å². The minimum atomic E-state index is -4.52. The number of nitriles is 1. The number of carbonyl (C=O) groups is 1. The maximum atomic E-state index is 13.9. The summed E-state index contributed by atoms with van der Waals surface area (Å²) in [5, 5.41) is 22.0. The number of thiophene rings is 2. The van der Waals surface area contributed by atoms with Crippen LogP contribution in [0.5, 0.6) is 0 Å². The highest BCUT2D eigenvalue weighted by Gasteiger charge is 2.47. The van der Waals surface area contributed by atoms with E-state index in [9.17, 15) is 23.2 Å². The zero-order valence-corrected chi connectivity index (χ0v) is 21.7. The molecule has 3 atom stereocenters. The number of nitrogens with zero attached hydrogens (tertiary/aromatic N) is 3. The smallest absolute Gasteiger partial charge is 0.363 e. The van der Waals surface area contributed by atoms with Crippen molar-refractivity contribution in [3.8, 4) is 6.07 Å². The zero-order chi connectivity index (χ0) is 25.8. The van der Waals surface area contributed by atoms with Gasteiger partial charge in [-0.05, 0) is 47.6 Å². The Morgan fingerprint density at radius 3 is 2.75 bits per heavy atom.